The average Bonchev–Trinajstić information content (AvgIpc) is 3.29. The van der Waals surface area contributed by atoms with Gasteiger partial charge in [0.1, 0.15) is 7.05 Å². The second kappa shape index (κ2) is 8.10. The van der Waals surface area contributed by atoms with Crippen LogP contribution < -0.4 is 9.47 Å². The Labute approximate surface area is 235 Å². The van der Waals surface area contributed by atoms with Crippen molar-refractivity contribution >= 4 is 65.5 Å². The number of hydrogen-bond donors (Lipinski definition) is 0. The highest BCUT2D eigenvalue weighted by Crippen LogP contribution is 2.50. The van der Waals surface area contributed by atoms with Crippen LogP contribution in [-0.2, 0) is 7.05 Å². The van der Waals surface area contributed by atoms with Gasteiger partial charge in [-0.2, -0.15) is 0 Å². The van der Waals surface area contributed by atoms with E-state index in [1.54, 1.807) is 5.56 Å². The van der Waals surface area contributed by atoms with E-state index < -0.39 is 0 Å². The lowest BCUT2D eigenvalue weighted by Gasteiger charge is -2.35. The van der Waals surface area contributed by atoms with Crippen molar-refractivity contribution in [1.82, 2.24) is 4.40 Å². The fourth-order valence-electron chi connectivity index (χ4n) is 8.14. The molecular weight excluding hydrogens is 486 g/mol. The fraction of sp³-hybridized carbons (Fsp3) is 0.324. The second-order valence-corrected chi connectivity index (χ2v) is 13.4. The summed E-state index contributed by atoms with van der Waals surface area (Å²) < 4.78 is 5.01. The Balaban J connectivity index is 1.69. The maximum absolute atomic E-state index is 2.64. The van der Waals surface area contributed by atoms with Crippen molar-refractivity contribution < 1.29 is 4.57 Å². The third-order valence-electron chi connectivity index (χ3n) is 10.2. The van der Waals surface area contributed by atoms with Gasteiger partial charge >= 0.3 is 0 Å². The molecule has 3 aromatic heterocycles. The molecule has 8 rings (SSSR count). The van der Waals surface area contributed by atoms with Gasteiger partial charge in [-0.05, 0) is 78.0 Å². The molecule has 3 heteroatoms. The predicted molar refractivity (Wildman–Crippen MR) is 171 cm³/mol. The van der Waals surface area contributed by atoms with Gasteiger partial charge in [0.15, 0.2) is 6.20 Å². The maximum Gasteiger partial charge on any atom is 0.224 e. The molecular formula is C37H38N3+. The predicted octanol–water partition coefficient (Wildman–Crippen LogP) is 9.03. The zero-order chi connectivity index (χ0) is 27.5. The van der Waals surface area contributed by atoms with Crippen molar-refractivity contribution in [2.24, 2.45) is 12.5 Å². The standard InChI is InChI=1S/C37H38N3/c1-22-25-11-7-8-12-26(25)33(38(4)5)36-30(22)34-31-24(17-20-39(34)6)21-28(23-15-18-37(2,3)19-16-23)32-27-13-9-10-14-29(27)40(36)35(31)32/h7-14,17,20-21,23H,15-16,18-19H2,1-6H3/q+1. The van der Waals surface area contributed by atoms with Crippen LogP contribution in [0.1, 0.15) is 56.6 Å². The molecule has 1 fully saturated rings. The molecule has 0 saturated heterocycles. The van der Waals surface area contributed by atoms with Crippen LogP contribution in [0, 0.1) is 12.3 Å². The first-order valence-corrected chi connectivity index (χ1v) is 14.9. The van der Waals surface area contributed by atoms with Gasteiger partial charge < -0.3 is 9.30 Å². The molecule has 0 radical (unpaired) electrons. The zero-order valence-electron chi connectivity index (χ0n) is 24.6. The number of para-hydroxylation sites is 1. The highest BCUT2D eigenvalue weighted by Gasteiger charge is 2.33. The zero-order valence-corrected chi connectivity index (χ0v) is 24.6. The molecule has 0 bridgehead atoms. The summed E-state index contributed by atoms with van der Waals surface area (Å²) in [5, 5.41) is 9.64. The number of rotatable bonds is 2. The van der Waals surface area contributed by atoms with Crippen molar-refractivity contribution in [3.8, 4) is 0 Å². The van der Waals surface area contributed by atoms with Crippen LogP contribution in [0.4, 0.5) is 5.69 Å². The van der Waals surface area contributed by atoms with Crippen molar-refractivity contribution in [2.45, 2.75) is 52.4 Å². The van der Waals surface area contributed by atoms with E-state index in [4.69, 9.17) is 0 Å². The summed E-state index contributed by atoms with van der Waals surface area (Å²) in [7, 11) is 6.64. The summed E-state index contributed by atoms with van der Waals surface area (Å²) in [6.45, 7) is 7.22. The molecule has 40 heavy (non-hydrogen) atoms. The van der Waals surface area contributed by atoms with Gasteiger partial charge in [-0.1, -0.05) is 56.3 Å². The Morgan fingerprint density at radius 1 is 0.825 bits per heavy atom. The van der Waals surface area contributed by atoms with Gasteiger partial charge in [0.05, 0.1) is 33.0 Å². The first-order valence-electron chi connectivity index (χ1n) is 14.9. The third-order valence-corrected chi connectivity index (χ3v) is 10.2. The van der Waals surface area contributed by atoms with Crippen LogP contribution in [0.3, 0.4) is 0 Å². The molecule has 0 unspecified atom stereocenters. The minimum atomic E-state index is 0.449. The molecule has 1 aliphatic carbocycles. The number of fused-ring (bicyclic) bond motifs is 7. The van der Waals surface area contributed by atoms with E-state index in [1.165, 1.54) is 96.7 Å². The van der Waals surface area contributed by atoms with Gasteiger partial charge in [-0.25, -0.2) is 4.57 Å². The number of pyridine rings is 2. The number of benzene rings is 4. The number of aryl methyl sites for hydroxylation is 2. The minimum Gasteiger partial charge on any atom is -0.375 e. The SMILES string of the molecule is Cc1c2ccccc2c(N(C)C)c2c1c1c3c(cc[n+]1C)cc(C1CCC(C)(C)CC1)c1c4ccccc4n2c13. The molecule has 1 saturated carbocycles. The first kappa shape index (κ1) is 24.0. The van der Waals surface area contributed by atoms with Crippen LogP contribution in [-0.4, -0.2) is 18.5 Å². The Morgan fingerprint density at radius 3 is 2.23 bits per heavy atom. The monoisotopic (exact) mass is 524 g/mol. The summed E-state index contributed by atoms with van der Waals surface area (Å²) in [6, 6.07) is 23.0. The minimum absolute atomic E-state index is 0.449. The van der Waals surface area contributed by atoms with E-state index >= 15 is 0 Å². The summed E-state index contributed by atoms with van der Waals surface area (Å²) in [5.74, 6) is 0.599. The summed E-state index contributed by atoms with van der Waals surface area (Å²) >= 11 is 0. The lowest BCUT2D eigenvalue weighted by Crippen LogP contribution is -2.29. The van der Waals surface area contributed by atoms with Gasteiger partial charge in [0, 0.05) is 36.3 Å². The largest absolute Gasteiger partial charge is 0.375 e. The van der Waals surface area contributed by atoms with Gasteiger partial charge in [0.2, 0.25) is 5.52 Å². The van der Waals surface area contributed by atoms with Crippen molar-refractivity contribution in [2.75, 3.05) is 19.0 Å². The Kier molecular flexibility index (Phi) is 4.86. The molecule has 0 aliphatic heterocycles. The average molecular weight is 525 g/mol. The molecule has 3 heterocycles. The lowest BCUT2D eigenvalue weighted by atomic mass is 9.70. The van der Waals surface area contributed by atoms with E-state index in [0.717, 1.165) is 0 Å². The van der Waals surface area contributed by atoms with Crippen LogP contribution in [0.5, 0.6) is 0 Å². The van der Waals surface area contributed by atoms with Crippen LogP contribution in [0.15, 0.2) is 66.9 Å². The van der Waals surface area contributed by atoms with Gasteiger partial charge in [-0.15, -0.1) is 0 Å². The Bertz CT molecular complexity index is 2130. The number of nitrogens with zero attached hydrogens (tertiary/aromatic N) is 3. The van der Waals surface area contributed by atoms with Crippen molar-refractivity contribution in [3.63, 3.8) is 0 Å². The quantitative estimate of drug-likeness (QED) is 0.125. The van der Waals surface area contributed by atoms with E-state index in [1.807, 2.05) is 0 Å². The molecule has 0 N–H and O–H groups in total. The van der Waals surface area contributed by atoms with E-state index in [0.29, 0.717) is 11.3 Å². The third kappa shape index (κ3) is 3.04. The maximum atomic E-state index is 2.64. The molecule has 0 atom stereocenters. The Morgan fingerprint density at radius 2 is 1.50 bits per heavy atom. The first-order chi connectivity index (χ1) is 19.3. The second-order valence-electron chi connectivity index (χ2n) is 13.4. The van der Waals surface area contributed by atoms with Gasteiger partial charge in [0.25, 0.3) is 0 Å². The van der Waals surface area contributed by atoms with E-state index in [9.17, 15) is 0 Å². The number of hydrogen-bond acceptors (Lipinski definition) is 1. The highest BCUT2D eigenvalue weighted by molar-refractivity contribution is 6.31. The van der Waals surface area contributed by atoms with E-state index in [2.05, 4.69) is 123 Å². The van der Waals surface area contributed by atoms with E-state index in [-0.39, 0.29) is 0 Å². The molecule has 1 aliphatic rings. The van der Waals surface area contributed by atoms with Gasteiger partial charge in [-0.3, -0.25) is 0 Å². The molecule has 3 nitrogen and oxygen atoms in total. The van der Waals surface area contributed by atoms with Crippen LogP contribution >= 0.6 is 0 Å². The lowest BCUT2D eigenvalue weighted by molar-refractivity contribution is -0.643. The topological polar surface area (TPSA) is 11.5 Å². The molecule has 4 aromatic carbocycles. The Hall–Kier alpha value is -3.85. The summed E-state index contributed by atoms with van der Waals surface area (Å²) in [4.78, 5) is 2.33. The van der Waals surface area contributed by atoms with Crippen molar-refractivity contribution in [3.05, 3.63) is 78.0 Å². The molecule has 0 spiro atoms. The van der Waals surface area contributed by atoms with Crippen molar-refractivity contribution in [1.29, 1.82) is 0 Å². The normalized spacial score (nSPS) is 16.4. The number of anilines is 1. The summed E-state index contributed by atoms with van der Waals surface area (Å²) in [6.07, 6.45) is 7.41. The summed E-state index contributed by atoms with van der Waals surface area (Å²) in [5.41, 5.74) is 10.0. The highest BCUT2D eigenvalue weighted by atomic mass is 15.1. The van der Waals surface area contributed by atoms with Crippen LogP contribution in [0.2, 0.25) is 0 Å². The fourth-order valence-corrected chi connectivity index (χ4v) is 8.14. The molecule has 200 valence electrons. The smallest absolute Gasteiger partial charge is 0.224 e. The van der Waals surface area contributed by atoms with Crippen LogP contribution in [0.25, 0.3) is 59.8 Å². The molecule has 7 aromatic rings. The number of aromatic nitrogens is 2. The molecule has 0 amide bonds.